The van der Waals surface area contributed by atoms with Gasteiger partial charge in [-0.1, -0.05) is 13.8 Å². The molecule has 1 aromatic rings. The van der Waals surface area contributed by atoms with Gasteiger partial charge in [-0.15, -0.1) is 10.2 Å². The minimum Gasteiger partial charge on any atom is -0.425 e. The first-order valence-corrected chi connectivity index (χ1v) is 6.78. The van der Waals surface area contributed by atoms with E-state index < -0.39 is 0 Å². The van der Waals surface area contributed by atoms with E-state index in [1.807, 2.05) is 0 Å². The lowest BCUT2D eigenvalue weighted by molar-refractivity contribution is 0.399. The van der Waals surface area contributed by atoms with Gasteiger partial charge in [-0.05, 0) is 31.1 Å². The smallest absolute Gasteiger partial charge is 0.219 e. The second kappa shape index (κ2) is 4.41. The molecular formula is C13H21N3O. The monoisotopic (exact) mass is 235 g/mol. The average molecular weight is 235 g/mol. The Morgan fingerprint density at radius 3 is 2.71 bits per heavy atom. The Morgan fingerprint density at radius 2 is 2.00 bits per heavy atom. The Bertz CT molecular complexity index is 378. The van der Waals surface area contributed by atoms with Gasteiger partial charge in [0.05, 0.1) is 0 Å². The van der Waals surface area contributed by atoms with Crippen molar-refractivity contribution in [3.63, 3.8) is 0 Å². The number of nitrogens with zero attached hydrogens (tertiary/aromatic N) is 2. The Hall–Kier alpha value is -0.900. The van der Waals surface area contributed by atoms with Gasteiger partial charge in [0.1, 0.15) is 0 Å². The number of fused-ring (bicyclic) bond motifs is 1. The molecule has 0 saturated heterocycles. The molecule has 3 rings (SSSR count). The van der Waals surface area contributed by atoms with Crippen LogP contribution in [-0.4, -0.2) is 22.8 Å². The lowest BCUT2D eigenvalue weighted by Gasteiger charge is -2.06. The van der Waals surface area contributed by atoms with Crippen molar-refractivity contribution in [2.75, 3.05) is 6.54 Å². The minimum absolute atomic E-state index is 0.513. The average Bonchev–Trinajstić information content (AvgIpc) is 2.76. The number of nitrogens with one attached hydrogen (secondary N) is 1. The van der Waals surface area contributed by atoms with Gasteiger partial charge in [-0.25, -0.2) is 0 Å². The fourth-order valence-electron chi connectivity index (χ4n) is 2.92. The first-order chi connectivity index (χ1) is 8.22. The zero-order valence-electron chi connectivity index (χ0n) is 10.6. The topological polar surface area (TPSA) is 51.0 Å². The summed E-state index contributed by atoms with van der Waals surface area (Å²) in [6, 6.07) is 0.513. The zero-order valence-corrected chi connectivity index (χ0v) is 10.6. The fraction of sp³-hybridized carbons (Fsp3) is 0.846. The number of hydrogen-bond donors (Lipinski definition) is 1. The van der Waals surface area contributed by atoms with Gasteiger partial charge in [-0.2, -0.15) is 0 Å². The summed E-state index contributed by atoms with van der Waals surface area (Å²) in [6.07, 6.45) is 4.83. The summed E-state index contributed by atoms with van der Waals surface area (Å²) >= 11 is 0. The molecule has 2 saturated carbocycles. The highest BCUT2D eigenvalue weighted by atomic mass is 16.4. The van der Waals surface area contributed by atoms with Crippen molar-refractivity contribution in [3.8, 4) is 0 Å². The van der Waals surface area contributed by atoms with Gasteiger partial charge in [0, 0.05) is 24.9 Å². The van der Waals surface area contributed by atoms with Crippen molar-refractivity contribution in [2.24, 2.45) is 11.8 Å². The normalized spacial score (nSPS) is 30.9. The number of aromatic nitrogens is 2. The van der Waals surface area contributed by atoms with Gasteiger partial charge >= 0.3 is 0 Å². The maximum absolute atomic E-state index is 5.76. The molecular weight excluding hydrogens is 214 g/mol. The van der Waals surface area contributed by atoms with Crippen LogP contribution in [0.25, 0.3) is 0 Å². The maximum Gasteiger partial charge on any atom is 0.219 e. The predicted octanol–water partition coefficient (Wildman–Crippen LogP) is 2.12. The maximum atomic E-state index is 5.76. The van der Waals surface area contributed by atoms with E-state index >= 15 is 0 Å². The highest BCUT2D eigenvalue weighted by molar-refractivity contribution is 5.06. The molecule has 4 nitrogen and oxygen atoms in total. The lowest BCUT2D eigenvalue weighted by Crippen LogP contribution is -2.25. The molecule has 1 N–H and O–H groups in total. The molecule has 4 heteroatoms. The summed E-state index contributed by atoms with van der Waals surface area (Å²) in [7, 11) is 0. The summed E-state index contributed by atoms with van der Waals surface area (Å²) in [5, 5.41) is 11.7. The van der Waals surface area contributed by atoms with Crippen molar-refractivity contribution < 1.29 is 4.42 Å². The Balaban J connectivity index is 1.51. The third-order valence-electron chi connectivity index (χ3n) is 3.97. The standard InChI is InChI=1S/C13H21N3O/c1-8(2)14-4-3-12-15-16-13(17-12)11-6-9-5-10(9)7-11/h8-11,14H,3-7H2,1-2H3. The van der Waals surface area contributed by atoms with Crippen LogP contribution in [0.4, 0.5) is 0 Å². The van der Waals surface area contributed by atoms with E-state index in [-0.39, 0.29) is 0 Å². The zero-order chi connectivity index (χ0) is 11.8. The summed E-state index contributed by atoms with van der Waals surface area (Å²) in [6.45, 7) is 5.20. The van der Waals surface area contributed by atoms with E-state index in [0.717, 1.165) is 36.6 Å². The lowest BCUT2D eigenvalue weighted by atomic mass is 10.0. The van der Waals surface area contributed by atoms with E-state index in [1.165, 1.54) is 19.3 Å². The van der Waals surface area contributed by atoms with Crippen LogP contribution in [0.5, 0.6) is 0 Å². The molecule has 0 bridgehead atoms. The van der Waals surface area contributed by atoms with Gasteiger partial charge in [0.2, 0.25) is 11.8 Å². The molecule has 2 atom stereocenters. The molecule has 2 aliphatic carbocycles. The summed E-state index contributed by atoms with van der Waals surface area (Å²) in [5.74, 6) is 4.17. The molecule has 0 radical (unpaired) electrons. The Labute approximate surface area is 102 Å². The van der Waals surface area contributed by atoms with Crippen LogP contribution in [0, 0.1) is 11.8 Å². The van der Waals surface area contributed by atoms with E-state index in [0.29, 0.717) is 12.0 Å². The molecule has 1 aromatic heterocycles. The quantitative estimate of drug-likeness (QED) is 0.849. The molecule has 2 aliphatic rings. The van der Waals surface area contributed by atoms with Crippen LogP contribution >= 0.6 is 0 Å². The molecule has 17 heavy (non-hydrogen) atoms. The number of rotatable bonds is 5. The number of hydrogen-bond acceptors (Lipinski definition) is 4. The third kappa shape index (κ3) is 2.51. The second-order valence-corrected chi connectivity index (χ2v) is 5.82. The summed E-state index contributed by atoms with van der Waals surface area (Å²) in [4.78, 5) is 0. The third-order valence-corrected chi connectivity index (χ3v) is 3.97. The SMILES string of the molecule is CC(C)NCCc1nnc(C2CC3CC3C2)o1. The molecule has 0 aliphatic heterocycles. The van der Waals surface area contributed by atoms with Crippen molar-refractivity contribution in [2.45, 2.75) is 51.5 Å². The molecule has 0 amide bonds. The fourth-order valence-corrected chi connectivity index (χ4v) is 2.92. The van der Waals surface area contributed by atoms with Crippen molar-refractivity contribution >= 4 is 0 Å². The largest absolute Gasteiger partial charge is 0.425 e. The van der Waals surface area contributed by atoms with Crippen LogP contribution in [-0.2, 0) is 6.42 Å². The van der Waals surface area contributed by atoms with Crippen LogP contribution in [0.2, 0.25) is 0 Å². The predicted molar refractivity (Wildman–Crippen MR) is 64.7 cm³/mol. The van der Waals surface area contributed by atoms with E-state index in [9.17, 15) is 0 Å². The second-order valence-electron chi connectivity index (χ2n) is 5.82. The highest BCUT2D eigenvalue weighted by Crippen LogP contribution is 2.57. The first kappa shape index (κ1) is 11.2. The summed E-state index contributed by atoms with van der Waals surface area (Å²) in [5.41, 5.74) is 0. The van der Waals surface area contributed by atoms with Crippen LogP contribution < -0.4 is 5.32 Å². The van der Waals surface area contributed by atoms with Crippen LogP contribution in [0.3, 0.4) is 0 Å². The van der Waals surface area contributed by atoms with E-state index in [2.05, 4.69) is 29.4 Å². The first-order valence-electron chi connectivity index (χ1n) is 6.78. The molecule has 94 valence electrons. The Morgan fingerprint density at radius 1 is 1.24 bits per heavy atom. The van der Waals surface area contributed by atoms with E-state index in [1.54, 1.807) is 0 Å². The minimum atomic E-state index is 0.513. The van der Waals surface area contributed by atoms with Crippen LogP contribution in [0.15, 0.2) is 4.42 Å². The highest BCUT2D eigenvalue weighted by Gasteiger charge is 2.47. The van der Waals surface area contributed by atoms with E-state index in [4.69, 9.17) is 4.42 Å². The Kier molecular flexibility index (Phi) is 2.90. The van der Waals surface area contributed by atoms with Gasteiger partial charge in [-0.3, -0.25) is 0 Å². The molecule has 0 aromatic carbocycles. The molecule has 2 unspecified atom stereocenters. The summed E-state index contributed by atoms with van der Waals surface area (Å²) < 4.78 is 5.76. The van der Waals surface area contributed by atoms with Gasteiger partial charge in [0.25, 0.3) is 0 Å². The van der Waals surface area contributed by atoms with Crippen molar-refractivity contribution in [1.29, 1.82) is 0 Å². The molecule has 2 fully saturated rings. The van der Waals surface area contributed by atoms with Crippen molar-refractivity contribution in [1.82, 2.24) is 15.5 Å². The van der Waals surface area contributed by atoms with Gasteiger partial charge in [0.15, 0.2) is 0 Å². The van der Waals surface area contributed by atoms with Crippen molar-refractivity contribution in [3.05, 3.63) is 11.8 Å². The molecule has 0 spiro atoms. The van der Waals surface area contributed by atoms with Gasteiger partial charge < -0.3 is 9.73 Å². The molecule has 1 heterocycles. The van der Waals surface area contributed by atoms with Crippen LogP contribution in [0.1, 0.15) is 50.8 Å².